The van der Waals surface area contributed by atoms with Crippen LogP contribution in [0.4, 0.5) is 0 Å². The van der Waals surface area contributed by atoms with E-state index in [9.17, 15) is 24.0 Å². The van der Waals surface area contributed by atoms with E-state index in [2.05, 4.69) is 6.58 Å². The summed E-state index contributed by atoms with van der Waals surface area (Å²) in [5.41, 5.74) is 0.0899. The minimum absolute atomic E-state index is 0.0842. The van der Waals surface area contributed by atoms with Crippen molar-refractivity contribution >= 4 is 30.7 Å². The molecule has 0 N–H and O–H groups in total. The number of esters is 3. The zero-order valence-electron chi connectivity index (χ0n) is 22.8. The normalized spacial score (nSPS) is 16.1. The standard InChI is InChI=1S/C31H34O10/c1-2-29(34)38-18-6-4-3-5-17-37-25-11-13-26(14-12-25)40-30(35)22-7-9-23(10-8-22)31(36)41-28-16-15-27(39-21-33)19-24(28)20-32/h2,11-16,19-23H,1,3-10,17-18H2. The van der Waals surface area contributed by atoms with Gasteiger partial charge < -0.3 is 23.7 Å². The Labute approximate surface area is 238 Å². The third-order valence-electron chi connectivity index (χ3n) is 6.66. The summed E-state index contributed by atoms with van der Waals surface area (Å²) in [5, 5.41) is 0. The monoisotopic (exact) mass is 566 g/mol. The van der Waals surface area contributed by atoms with Gasteiger partial charge in [-0.2, -0.15) is 0 Å². The van der Waals surface area contributed by atoms with E-state index in [1.165, 1.54) is 18.2 Å². The Bertz CT molecular complexity index is 1200. The SMILES string of the molecule is C=CC(=O)OCCCCCCOc1ccc(OC(=O)C2CCC(C(=O)Oc3ccc(OC=O)cc3C=O)CC2)cc1. The van der Waals surface area contributed by atoms with Crippen LogP contribution in [0.3, 0.4) is 0 Å². The lowest BCUT2D eigenvalue weighted by molar-refractivity contribution is -0.145. The number of benzene rings is 2. The van der Waals surface area contributed by atoms with E-state index in [-0.39, 0.29) is 35.4 Å². The average molecular weight is 567 g/mol. The molecule has 0 aliphatic heterocycles. The van der Waals surface area contributed by atoms with Crippen LogP contribution in [0.15, 0.2) is 55.1 Å². The highest BCUT2D eigenvalue weighted by atomic mass is 16.5. The van der Waals surface area contributed by atoms with E-state index in [1.54, 1.807) is 24.3 Å². The van der Waals surface area contributed by atoms with Gasteiger partial charge in [0.15, 0.2) is 6.29 Å². The summed E-state index contributed by atoms with van der Waals surface area (Å²) in [6.45, 7) is 4.53. The van der Waals surface area contributed by atoms with Crippen LogP contribution < -0.4 is 18.9 Å². The van der Waals surface area contributed by atoms with Gasteiger partial charge in [0.25, 0.3) is 6.47 Å². The molecule has 0 bridgehead atoms. The molecule has 0 atom stereocenters. The summed E-state index contributed by atoms with van der Waals surface area (Å²) in [6, 6.07) is 11.0. The minimum atomic E-state index is -0.478. The molecular formula is C31H34O10. The van der Waals surface area contributed by atoms with Crippen LogP contribution in [-0.4, -0.2) is 43.9 Å². The molecule has 10 nitrogen and oxygen atoms in total. The van der Waals surface area contributed by atoms with Crippen molar-refractivity contribution < 1.29 is 47.7 Å². The third-order valence-corrected chi connectivity index (χ3v) is 6.66. The Morgan fingerprint density at radius 3 is 1.95 bits per heavy atom. The van der Waals surface area contributed by atoms with E-state index in [0.717, 1.165) is 31.8 Å². The van der Waals surface area contributed by atoms with Crippen LogP contribution in [0.5, 0.6) is 23.0 Å². The number of carbonyl (C=O) groups is 5. The number of hydrogen-bond donors (Lipinski definition) is 0. The van der Waals surface area contributed by atoms with E-state index < -0.39 is 17.9 Å². The number of hydrogen-bond acceptors (Lipinski definition) is 10. The molecule has 0 spiro atoms. The highest BCUT2D eigenvalue weighted by Gasteiger charge is 2.32. The lowest BCUT2D eigenvalue weighted by Crippen LogP contribution is -2.30. The molecule has 41 heavy (non-hydrogen) atoms. The van der Waals surface area contributed by atoms with Gasteiger partial charge in [0.1, 0.15) is 23.0 Å². The Morgan fingerprint density at radius 1 is 0.756 bits per heavy atom. The van der Waals surface area contributed by atoms with E-state index in [1.807, 2.05) is 0 Å². The maximum Gasteiger partial charge on any atom is 0.330 e. The van der Waals surface area contributed by atoms with Crippen molar-refractivity contribution in [1.29, 1.82) is 0 Å². The lowest BCUT2D eigenvalue weighted by atomic mass is 9.82. The lowest BCUT2D eigenvalue weighted by Gasteiger charge is -2.26. The number of ether oxygens (including phenoxy) is 5. The molecule has 2 aromatic carbocycles. The maximum atomic E-state index is 12.7. The summed E-state index contributed by atoms with van der Waals surface area (Å²) >= 11 is 0. The average Bonchev–Trinajstić information content (AvgIpc) is 3.00. The number of rotatable bonds is 16. The molecule has 0 amide bonds. The Kier molecular flexibility index (Phi) is 12.6. The number of carbonyl (C=O) groups excluding carboxylic acids is 5. The van der Waals surface area contributed by atoms with Gasteiger partial charge >= 0.3 is 17.9 Å². The molecule has 1 aliphatic rings. The topological polar surface area (TPSA) is 132 Å². The fraction of sp³-hybridized carbons (Fsp3) is 0.387. The summed E-state index contributed by atoms with van der Waals surface area (Å²) in [4.78, 5) is 58.1. The maximum absolute atomic E-state index is 12.7. The van der Waals surface area contributed by atoms with Crippen LogP contribution in [0.2, 0.25) is 0 Å². The summed E-state index contributed by atoms with van der Waals surface area (Å²) in [6.07, 6.45) is 7.06. The van der Waals surface area contributed by atoms with Crippen LogP contribution in [0.1, 0.15) is 61.7 Å². The minimum Gasteiger partial charge on any atom is -0.494 e. The van der Waals surface area contributed by atoms with Crippen molar-refractivity contribution in [3.05, 3.63) is 60.7 Å². The van der Waals surface area contributed by atoms with E-state index in [0.29, 0.717) is 56.7 Å². The van der Waals surface area contributed by atoms with Gasteiger partial charge in [0.05, 0.1) is 30.6 Å². The largest absolute Gasteiger partial charge is 0.494 e. The first-order valence-corrected chi connectivity index (χ1v) is 13.6. The van der Waals surface area contributed by atoms with Gasteiger partial charge in [0, 0.05) is 6.08 Å². The molecular weight excluding hydrogens is 532 g/mol. The Morgan fingerprint density at radius 2 is 1.34 bits per heavy atom. The smallest absolute Gasteiger partial charge is 0.330 e. The van der Waals surface area contributed by atoms with E-state index in [4.69, 9.17) is 23.7 Å². The quantitative estimate of drug-likeness (QED) is 0.0897. The zero-order valence-corrected chi connectivity index (χ0v) is 22.8. The predicted octanol–water partition coefficient (Wildman–Crippen LogP) is 5.02. The van der Waals surface area contributed by atoms with Gasteiger partial charge in [-0.05, 0) is 93.8 Å². The van der Waals surface area contributed by atoms with E-state index >= 15 is 0 Å². The molecule has 1 saturated carbocycles. The molecule has 2 aromatic rings. The highest BCUT2D eigenvalue weighted by molar-refractivity contribution is 5.84. The van der Waals surface area contributed by atoms with Gasteiger partial charge in [-0.3, -0.25) is 19.2 Å². The van der Waals surface area contributed by atoms with Crippen molar-refractivity contribution in [2.45, 2.75) is 51.4 Å². The van der Waals surface area contributed by atoms with Gasteiger partial charge in [-0.1, -0.05) is 6.58 Å². The highest BCUT2D eigenvalue weighted by Crippen LogP contribution is 2.32. The van der Waals surface area contributed by atoms with Crippen molar-refractivity contribution in [2.24, 2.45) is 11.8 Å². The number of aldehydes is 1. The summed E-state index contributed by atoms with van der Waals surface area (Å²) in [5.74, 6) is -0.633. The first-order valence-electron chi connectivity index (χ1n) is 13.6. The predicted molar refractivity (Wildman–Crippen MR) is 147 cm³/mol. The second-order valence-electron chi connectivity index (χ2n) is 9.53. The molecule has 0 radical (unpaired) electrons. The van der Waals surface area contributed by atoms with Gasteiger partial charge in [0.2, 0.25) is 0 Å². The molecule has 0 unspecified atom stereocenters. The fourth-order valence-electron chi connectivity index (χ4n) is 4.38. The van der Waals surface area contributed by atoms with Crippen LogP contribution in [-0.2, 0) is 23.9 Å². The molecule has 0 aromatic heterocycles. The zero-order chi connectivity index (χ0) is 29.5. The molecule has 1 fully saturated rings. The molecule has 3 rings (SSSR count). The van der Waals surface area contributed by atoms with Gasteiger partial charge in [-0.15, -0.1) is 0 Å². The second-order valence-corrected chi connectivity index (χ2v) is 9.53. The van der Waals surface area contributed by atoms with Crippen molar-refractivity contribution in [2.75, 3.05) is 13.2 Å². The van der Waals surface area contributed by atoms with Crippen LogP contribution in [0, 0.1) is 11.8 Å². The Hall–Kier alpha value is -4.47. The molecule has 218 valence electrons. The van der Waals surface area contributed by atoms with Gasteiger partial charge in [-0.25, -0.2) is 4.79 Å². The Balaban J connectivity index is 1.35. The summed E-state index contributed by atoms with van der Waals surface area (Å²) in [7, 11) is 0. The van der Waals surface area contributed by atoms with Crippen LogP contribution >= 0.6 is 0 Å². The molecule has 0 heterocycles. The first-order chi connectivity index (χ1) is 19.9. The molecule has 0 saturated heterocycles. The van der Waals surface area contributed by atoms with Crippen molar-refractivity contribution in [3.63, 3.8) is 0 Å². The molecule has 10 heteroatoms. The number of unbranched alkanes of at least 4 members (excludes halogenated alkanes) is 3. The second kappa shape index (κ2) is 16.6. The summed E-state index contributed by atoms with van der Waals surface area (Å²) < 4.78 is 26.3. The molecule has 1 aliphatic carbocycles. The fourth-order valence-corrected chi connectivity index (χ4v) is 4.38. The third kappa shape index (κ3) is 10.2. The van der Waals surface area contributed by atoms with Crippen LogP contribution in [0.25, 0.3) is 0 Å². The first kappa shape index (κ1) is 31.1. The van der Waals surface area contributed by atoms with Crippen molar-refractivity contribution in [3.8, 4) is 23.0 Å². The van der Waals surface area contributed by atoms with Crippen molar-refractivity contribution in [1.82, 2.24) is 0 Å².